The van der Waals surface area contributed by atoms with Crippen LogP contribution in [-0.2, 0) is 9.59 Å². The van der Waals surface area contributed by atoms with Gasteiger partial charge >= 0.3 is 5.97 Å². The Morgan fingerprint density at radius 3 is 2.35 bits per heavy atom. The fourth-order valence-electron chi connectivity index (χ4n) is 5.21. The first-order valence-electron chi connectivity index (χ1n) is 14.2. The third-order valence-electron chi connectivity index (χ3n) is 7.63. The number of hydrogen-bond donors (Lipinski definition) is 3. The van der Waals surface area contributed by atoms with Crippen molar-refractivity contribution in [1.29, 1.82) is 0 Å². The molecule has 2 aliphatic rings. The van der Waals surface area contributed by atoms with E-state index in [1.54, 1.807) is 42.5 Å². The summed E-state index contributed by atoms with van der Waals surface area (Å²) >= 11 is 6.10. The van der Waals surface area contributed by atoms with Crippen LogP contribution in [0.25, 0.3) is 0 Å². The molecule has 1 heterocycles. The molecule has 9 nitrogen and oxygen atoms in total. The number of halogens is 2. The van der Waals surface area contributed by atoms with Gasteiger partial charge in [0, 0.05) is 48.2 Å². The van der Waals surface area contributed by atoms with Gasteiger partial charge in [-0.25, -0.2) is 4.39 Å². The van der Waals surface area contributed by atoms with Gasteiger partial charge in [-0.3, -0.25) is 19.2 Å². The SMILES string of the molecule is O=C(O)CC(NC(=O)c1ccc(N2CCCN(C(=O)C3CC3)CC2)c(NC(=O)c2cccc(Cl)c2)c1)c1ccc(F)cc1. The van der Waals surface area contributed by atoms with Gasteiger partial charge in [-0.2, -0.15) is 0 Å². The molecule has 224 valence electrons. The molecule has 1 aliphatic carbocycles. The van der Waals surface area contributed by atoms with E-state index >= 15 is 0 Å². The smallest absolute Gasteiger partial charge is 0.305 e. The number of amides is 3. The van der Waals surface area contributed by atoms with E-state index in [-0.39, 0.29) is 17.4 Å². The second-order valence-corrected chi connectivity index (χ2v) is 11.2. The summed E-state index contributed by atoms with van der Waals surface area (Å²) in [5.74, 6) is -2.26. The lowest BCUT2D eigenvalue weighted by atomic mass is 10.0. The molecule has 0 radical (unpaired) electrons. The molecule has 1 atom stereocenters. The molecule has 43 heavy (non-hydrogen) atoms. The number of hydrogen-bond acceptors (Lipinski definition) is 5. The monoisotopic (exact) mass is 606 g/mol. The number of carboxylic acids is 1. The zero-order valence-corrected chi connectivity index (χ0v) is 24.1. The highest BCUT2D eigenvalue weighted by Crippen LogP contribution is 2.33. The van der Waals surface area contributed by atoms with Crippen LogP contribution in [0, 0.1) is 11.7 Å². The summed E-state index contributed by atoms with van der Waals surface area (Å²) in [5, 5.41) is 15.5. The maximum Gasteiger partial charge on any atom is 0.305 e. The summed E-state index contributed by atoms with van der Waals surface area (Å²) in [6, 6.07) is 15.8. The molecule has 3 N–H and O–H groups in total. The number of benzene rings is 3. The molecule has 3 amide bonds. The van der Waals surface area contributed by atoms with Crippen LogP contribution in [0.4, 0.5) is 15.8 Å². The Kier molecular flexibility index (Phi) is 9.25. The number of carboxylic acid groups (broad SMARTS) is 1. The van der Waals surface area contributed by atoms with Crippen molar-refractivity contribution in [3.63, 3.8) is 0 Å². The number of carbonyl (C=O) groups excluding carboxylic acids is 3. The van der Waals surface area contributed by atoms with Crippen LogP contribution in [0.3, 0.4) is 0 Å². The summed E-state index contributed by atoms with van der Waals surface area (Å²) in [6.07, 6.45) is 2.22. The summed E-state index contributed by atoms with van der Waals surface area (Å²) in [5.41, 5.74) is 2.05. The lowest BCUT2D eigenvalue weighted by Gasteiger charge is -2.27. The molecule has 0 aromatic heterocycles. The first-order chi connectivity index (χ1) is 20.7. The van der Waals surface area contributed by atoms with Crippen molar-refractivity contribution in [2.45, 2.75) is 31.7 Å². The Morgan fingerprint density at radius 2 is 1.65 bits per heavy atom. The largest absolute Gasteiger partial charge is 0.481 e. The normalized spacial score (nSPS) is 15.8. The van der Waals surface area contributed by atoms with Gasteiger partial charge in [0.15, 0.2) is 0 Å². The van der Waals surface area contributed by atoms with Gasteiger partial charge in [0.1, 0.15) is 5.82 Å². The van der Waals surface area contributed by atoms with Gasteiger partial charge in [-0.1, -0.05) is 29.8 Å². The summed E-state index contributed by atoms with van der Waals surface area (Å²) < 4.78 is 13.5. The average molecular weight is 607 g/mol. The zero-order chi connectivity index (χ0) is 30.5. The van der Waals surface area contributed by atoms with Crippen LogP contribution in [0.2, 0.25) is 5.02 Å². The van der Waals surface area contributed by atoms with Gasteiger partial charge in [-0.05, 0) is 73.4 Å². The number of anilines is 2. The highest BCUT2D eigenvalue weighted by molar-refractivity contribution is 6.31. The third-order valence-corrected chi connectivity index (χ3v) is 7.86. The molecule has 1 aliphatic heterocycles. The second-order valence-electron chi connectivity index (χ2n) is 10.8. The molecular weight excluding hydrogens is 575 g/mol. The minimum atomic E-state index is -1.13. The zero-order valence-electron chi connectivity index (χ0n) is 23.4. The fraction of sp³-hybridized carbons (Fsp3) is 0.312. The average Bonchev–Trinajstić information content (AvgIpc) is 3.84. The van der Waals surface area contributed by atoms with E-state index in [0.717, 1.165) is 19.3 Å². The molecule has 3 aromatic rings. The van der Waals surface area contributed by atoms with Crippen LogP contribution >= 0.6 is 11.6 Å². The lowest BCUT2D eigenvalue weighted by Crippen LogP contribution is -2.36. The second kappa shape index (κ2) is 13.2. The van der Waals surface area contributed by atoms with Crippen molar-refractivity contribution >= 4 is 46.7 Å². The van der Waals surface area contributed by atoms with Crippen molar-refractivity contribution in [2.75, 3.05) is 36.4 Å². The molecular formula is C32H32ClFN4O5. The van der Waals surface area contributed by atoms with Crippen LogP contribution in [0.1, 0.15) is 58.0 Å². The minimum absolute atomic E-state index is 0.136. The van der Waals surface area contributed by atoms with Crippen LogP contribution < -0.4 is 15.5 Å². The van der Waals surface area contributed by atoms with Gasteiger partial charge in [-0.15, -0.1) is 0 Å². The predicted octanol–water partition coefficient (Wildman–Crippen LogP) is 5.13. The van der Waals surface area contributed by atoms with E-state index < -0.39 is 36.1 Å². The third kappa shape index (κ3) is 7.70. The Labute approximate surface area is 253 Å². The lowest BCUT2D eigenvalue weighted by molar-refractivity contribution is -0.137. The molecule has 1 unspecified atom stereocenters. The van der Waals surface area contributed by atoms with E-state index in [2.05, 4.69) is 15.5 Å². The summed E-state index contributed by atoms with van der Waals surface area (Å²) in [4.78, 5) is 54.9. The van der Waals surface area contributed by atoms with Gasteiger partial charge < -0.3 is 25.5 Å². The van der Waals surface area contributed by atoms with Crippen LogP contribution in [0.15, 0.2) is 66.7 Å². The molecule has 5 rings (SSSR count). The number of nitrogens with zero attached hydrogens (tertiary/aromatic N) is 2. The van der Waals surface area contributed by atoms with Crippen molar-refractivity contribution in [1.82, 2.24) is 10.2 Å². The van der Waals surface area contributed by atoms with Crippen molar-refractivity contribution in [3.8, 4) is 0 Å². The predicted molar refractivity (Wildman–Crippen MR) is 161 cm³/mol. The number of aliphatic carboxylic acids is 1. The first kappa shape index (κ1) is 30.0. The Bertz CT molecular complexity index is 1530. The van der Waals surface area contributed by atoms with Gasteiger partial charge in [0.05, 0.1) is 23.8 Å². The maximum absolute atomic E-state index is 13.5. The summed E-state index contributed by atoms with van der Waals surface area (Å²) in [7, 11) is 0. The standard InChI is InChI=1S/C32H32ClFN4O5/c33-24-4-1-3-22(17-24)30(41)36-27-18-23(31(42)35-26(19-29(39)40)20-7-10-25(34)11-8-20)9-12-28(27)37-13-2-14-38(16-15-37)32(43)21-5-6-21/h1,3-4,7-12,17-18,21,26H,2,5-6,13-16,19H2,(H,35,42)(H,36,41)(H,39,40). The summed E-state index contributed by atoms with van der Waals surface area (Å²) in [6.45, 7) is 2.40. The quantitative estimate of drug-likeness (QED) is 0.311. The van der Waals surface area contributed by atoms with Crippen LogP contribution in [0.5, 0.6) is 0 Å². The van der Waals surface area contributed by atoms with Crippen LogP contribution in [-0.4, -0.2) is 59.9 Å². The highest BCUT2D eigenvalue weighted by atomic mass is 35.5. The topological polar surface area (TPSA) is 119 Å². The van der Waals surface area contributed by atoms with E-state index in [0.29, 0.717) is 53.7 Å². The maximum atomic E-state index is 13.5. The Hall–Kier alpha value is -4.44. The highest BCUT2D eigenvalue weighted by Gasteiger charge is 2.34. The van der Waals surface area contributed by atoms with Gasteiger partial charge in [0.2, 0.25) is 5.91 Å². The molecule has 11 heteroatoms. The van der Waals surface area contributed by atoms with Crippen molar-refractivity contribution in [3.05, 3.63) is 94.3 Å². The Balaban J connectivity index is 1.41. The fourth-order valence-corrected chi connectivity index (χ4v) is 5.40. The van der Waals surface area contributed by atoms with E-state index in [4.69, 9.17) is 11.6 Å². The molecule has 1 saturated heterocycles. The number of carbonyl (C=O) groups is 4. The van der Waals surface area contributed by atoms with E-state index in [9.17, 15) is 28.7 Å². The molecule has 0 spiro atoms. The van der Waals surface area contributed by atoms with Crippen molar-refractivity contribution < 1.29 is 28.7 Å². The van der Waals surface area contributed by atoms with Crippen molar-refractivity contribution in [2.24, 2.45) is 5.92 Å². The molecule has 2 fully saturated rings. The number of rotatable bonds is 9. The minimum Gasteiger partial charge on any atom is -0.481 e. The molecule has 1 saturated carbocycles. The molecule has 0 bridgehead atoms. The number of nitrogens with one attached hydrogen (secondary N) is 2. The van der Waals surface area contributed by atoms with E-state index in [1.807, 2.05) is 4.90 Å². The van der Waals surface area contributed by atoms with Gasteiger partial charge in [0.25, 0.3) is 11.8 Å². The van der Waals surface area contributed by atoms with E-state index in [1.165, 1.54) is 24.3 Å². The molecule has 3 aromatic carbocycles. The Morgan fingerprint density at radius 1 is 0.907 bits per heavy atom. The first-order valence-corrected chi connectivity index (χ1v) is 14.6.